The first-order chi connectivity index (χ1) is 6.61. The molecule has 80 valence electrons. The number of rotatable bonds is 3. The van der Waals surface area contributed by atoms with E-state index in [0.717, 1.165) is 25.9 Å². The van der Waals surface area contributed by atoms with Crippen LogP contribution in [0.2, 0.25) is 0 Å². The lowest BCUT2D eigenvalue weighted by Crippen LogP contribution is -2.32. The van der Waals surface area contributed by atoms with E-state index in [1.165, 1.54) is 0 Å². The third kappa shape index (κ3) is 3.14. The standard InChI is InChI=1S/C11H20N2O/c1-10-6-4-9-13(10)11(14)7-5-8-12(2)3/h5,7,10H,4,6,8-9H2,1-3H3/b7-5+. The number of carbonyl (C=O) groups is 1. The van der Waals surface area contributed by atoms with E-state index in [9.17, 15) is 4.79 Å². The molecule has 0 bridgehead atoms. The highest BCUT2D eigenvalue weighted by molar-refractivity contribution is 5.88. The summed E-state index contributed by atoms with van der Waals surface area (Å²) in [5.41, 5.74) is 0. The van der Waals surface area contributed by atoms with Crippen LogP contribution in [0.25, 0.3) is 0 Å². The topological polar surface area (TPSA) is 23.6 Å². The summed E-state index contributed by atoms with van der Waals surface area (Å²) in [6.45, 7) is 3.87. The van der Waals surface area contributed by atoms with Crippen LogP contribution in [0.4, 0.5) is 0 Å². The summed E-state index contributed by atoms with van der Waals surface area (Å²) in [5, 5.41) is 0. The van der Waals surface area contributed by atoms with Crippen LogP contribution < -0.4 is 0 Å². The molecule has 0 saturated carbocycles. The zero-order valence-electron chi connectivity index (χ0n) is 9.36. The molecule has 1 aliphatic rings. The number of amides is 1. The summed E-state index contributed by atoms with van der Waals surface area (Å²) in [5.74, 6) is 0.164. The van der Waals surface area contributed by atoms with Gasteiger partial charge in [0, 0.05) is 25.2 Å². The molecular weight excluding hydrogens is 176 g/mol. The normalized spacial score (nSPS) is 22.6. The first-order valence-corrected chi connectivity index (χ1v) is 5.23. The lowest BCUT2D eigenvalue weighted by Gasteiger charge is -2.19. The summed E-state index contributed by atoms with van der Waals surface area (Å²) >= 11 is 0. The molecule has 3 heteroatoms. The minimum absolute atomic E-state index is 0.164. The molecule has 1 rings (SSSR count). The Hall–Kier alpha value is -0.830. The van der Waals surface area contributed by atoms with Gasteiger partial charge in [0.1, 0.15) is 0 Å². The van der Waals surface area contributed by atoms with Crippen LogP contribution >= 0.6 is 0 Å². The Labute approximate surface area is 86.4 Å². The van der Waals surface area contributed by atoms with Gasteiger partial charge in [0.15, 0.2) is 0 Å². The molecule has 1 amide bonds. The minimum atomic E-state index is 0.164. The Kier molecular flexibility index (Phi) is 4.14. The van der Waals surface area contributed by atoms with Crippen molar-refractivity contribution in [2.45, 2.75) is 25.8 Å². The maximum atomic E-state index is 11.7. The van der Waals surface area contributed by atoms with Crippen molar-refractivity contribution in [1.82, 2.24) is 9.80 Å². The number of hydrogen-bond acceptors (Lipinski definition) is 2. The zero-order chi connectivity index (χ0) is 10.6. The summed E-state index contributed by atoms with van der Waals surface area (Å²) in [6, 6.07) is 0.423. The Balaban J connectivity index is 2.37. The van der Waals surface area contributed by atoms with Crippen molar-refractivity contribution in [1.29, 1.82) is 0 Å². The molecule has 0 radical (unpaired) electrons. The van der Waals surface area contributed by atoms with Crippen molar-refractivity contribution in [3.63, 3.8) is 0 Å². The first-order valence-electron chi connectivity index (χ1n) is 5.23. The van der Waals surface area contributed by atoms with E-state index in [1.54, 1.807) is 6.08 Å². The quantitative estimate of drug-likeness (QED) is 0.631. The average Bonchev–Trinajstić information content (AvgIpc) is 2.50. The maximum absolute atomic E-state index is 11.7. The number of carbonyl (C=O) groups excluding carboxylic acids is 1. The Morgan fingerprint density at radius 2 is 2.29 bits per heavy atom. The van der Waals surface area contributed by atoms with E-state index in [-0.39, 0.29) is 5.91 Å². The molecule has 0 aliphatic carbocycles. The van der Waals surface area contributed by atoms with Gasteiger partial charge in [0.25, 0.3) is 0 Å². The van der Waals surface area contributed by atoms with Gasteiger partial charge in [0.05, 0.1) is 0 Å². The fraction of sp³-hybridized carbons (Fsp3) is 0.727. The second-order valence-electron chi connectivity index (χ2n) is 4.19. The lowest BCUT2D eigenvalue weighted by molar-refractivity contribution is -0.126. The fourth-order valence-electron chi connectivity index (χ4n) is 1.72. The van der Waals surface area contributed by atoms with Gasteiger partial charge in [-0.25, -0.2) is 0 Å². The average molecular weight is 196 g/mol. The molecule has 1 atom stereocenters. The molecule has 1 unspecified atom stereocenters. The van der Waals surface area contributed by atoms with E-state index < -0.39 is 0 Å². The number of likely N-dealkylation sites (N-methyl/N-ethyl adjacent to an activating group) is 1. The zero-order valence-corrected chi connectivity index (χ0v) is 9.36. The molecule has 1 aliphatic heterocycles. The van der Waals surface area contributed by atoms with Crippen molar-refractivity contribution < 1.29 is 4.79 Å². The Bertz CT molecular complexity index is 223. The van der Waals surface area contributed by atoms with E-state index in [4.69, 9.17) is 0 Å². The van der Waals surface area contributed by atoms with Crippen LogP contribution in [-0.2, 0) is 4.79 Å². The van der Waals surface area contributed by atoms with Crippen molar-refractivity contribution in [3.05, 3.63) is 12.2 Å². The molecule has 0 spiro atoms. The van der Waals surface area contributed by atoms with Gasteiger partial charge in [-0.15, -0.1) is 0 Å². The van der Waals surface area contributed by atoms with Gasteiger partial charge in [-0.2, -0.15) is 0 Å². The molecule has 14 heavy (non-hydrogen) atoms. The fourth-order valence-corrected chi connectivity index (χ4v) is 1.72. The first kappa shape index (κ1) is 11.2. The highest BCUT2D eigenvalue weighted by Crippen LogP contribution is 2.16. The van der Waals surface area contributed by atoms with Crippen LogP contribution in [-0.4, -0.2) is 48.9 Å². The van der Waals surface area contributed by atoms with Crippen molar-refractivity contribution >= 4 is 5.91 Å². The van der Waals surface area contributed by atoms with Crippen LogP contribution in [0, 0.1) is 0 Å². The number of nitrogens with zero attached hydrogens (tertiary/aromatic N) is 2. The van der Waals surface area contributed by atoms with Gasteiger partial charge >= 0.3 is 0 Å². The van der Waals surface area contributed by atoms with Gasteiger partial charge in [-0.1, -0.05) is 6.08 Å². The molecule has 3 nitrogen and oxygen atoms in total. The highest BCUT2D eigenvalue weighted by atomic mass is 16.2. The van der Waals surface area contributed by atoms with E-state index in [0.29, 0.717) is 6.04 Å². The second kappa shape index (κ2) is 5.15. The molecule has 1 heterocycles. The van der Waals surface area contributed by atoms with Gasteiger partial charge < -0.3 is 9.80 Å². The van der Waals surface area contributed by atoms with Crippen molar-refractivity contribution in [2.24, 2.45) is 0 Å². The molecule has 1 saturated heterocycles. The van der Waals surface area contributed by atoms with Gasteiger partial charge in [0.2, 0.25) is 5.91 Å². The van der Waals surface area contributed by atoms with E-state index in [1.807, 2.05) is 30.0 Å². The number of likely N-dealkylation sites (tertiary alicyclic amines) is 1. The van der Waals surface area contributed by atoms with E-state index in [2.05, 4.69) is 6.92 Å². The maximum Gasteiger partial charge on any atom is 0.246 e. The molecular formula is C11H20N2O. The van der Waals surface area contributed by atoms with Crippen molar-refractivity contribution in [2.75, 3.05) is 27.2 Å². The highest BCUT2D eigenvalue weighted by Gasteiger charge is 2.22. The molecule has 0 aromatic rings. The van der Waals surface area contributed by atoms with Crippen LogP contribution in [0.5, 0.6) is 0 Å². The largest absolute Gasteiger partial charge is 0.336 e. The smallest absolute Gasteiger partial charge is 0.246 e. The SMILES string of the molecule is CC1CCCN1C(=O)/C=C/CN(C)C. The van der Waals surface area contributed by atoms with Crippen LogP contribution in [0.15, 0.2) is 12.2 Å². The second-order valence-corrected chi connectivity index (χ2v) is 4.19. The Morgan fingerprint density at radius 1 is 1.57 bits per heavy atom. The summed E-state index contributed by atoms with van der Waals surface area (Å²) < 4.78 is 0. The van der Waals surface area contributed by atoms with Crippen LogP contribution in [0.1, 0.15) is 19.8 Å². The molecule has 0 aromatic carbocycles. The molecule has 0 N–H and O–H groups in total. The minimum Gasteiger partial charge on any atom is -0.336 e. The number of hydrogen-bond donors (Lipinski definition) is 0. The summed E-state index contributed by atoms with van der Waals surface area (Å²) in [4.78, 5) is 15.6. The molecule has 0 aromatic heterocycles. The lowest BCUT2D eigenvalue weighted by atomic mass is 10.2. The third-order valence-corrected chi connectivity index (χ3v) is 2.57. The molecule has 1 fully saturated rings. The van der Waals surface area contributed by atoms with Crippen molar-refractivity contribution in [3.8, 4) is 0 Å². The predicted molar refractivity (Wildman–Crippen MR) is 58.1 cm³/mol. The van der Waals surface area contributed by atoms with Crippen LogP contribution in [0.3, 0.4) is 0 Å². The summed E-state index contributed by atoms with van der Waals surface area (Å²) in [6.07, 6.45) is 5.91. The van der Waals surface area contributed by atoms with Gasteiger partial charge in [-0.05, 0) is 33.9 Å². The van der Waals surface area contributed by atoms with Gasteiger partial charge in [-0.3, -0.25) is 4.79 Å². The summed E-state index contributed by atoms with van der Waals surface area (Å²) in [7, 11) is 3.99. The predicted octanol–water partition coefficient (Wildman–Crippen LogP) is 1.12. The third-order valence-electron chi connectivity index (χ3n) is 2.57. The monoisotopic (exact) mass is 196 g/mol. The van der Waals surface area contributed by atoms with E-state index >= 15 is 0 Å². The Morgan fingerprint density at radius 3 is 2.79 bits per heavy atom.